The molecule has 0 saturated carbocycles. The van der Waals surface area contributed by atoms with Crippen LogP contribution in [0.25, 0.3) is 0 Å². The maximum Gasteiger partial charge on any atom is 0.0474 e. The van der Waals surface area contributed by atoms with Gasteiger partial charge >= 0.3 is 0 Å². The van der Waals surface area contributed by atoms with Crippen LogP contribution in [0.4, 0.5) is 0 Å². The maximum absolute atomic E-state index is 5.01. The van der Waals surface area contributed by atoms with E-state index in [-0.39, 0.29) is 0 Å². The van der Waals surface area contributed by atoms with E-state index in [2.05, 4.69) is 42.6 Å². The number of hydrogen-bond acceptors (Lipinski definition) is 2. The molecule has 0 amide bonds. The zero-order chi connectivity index (χ0) is 11.6. The minimum absolute atomic E-state index is 0.581. The van der Waals surface area contributed by atoms with Gasteiger partial charge in [0, 0.05) is 19.8 Å². The van der Waals surface area contributed by atoms with Gasteiger partial charge < -0.3 is 10.1 Å². The van der Waals surface area contributed by atoms with Crippen LogP contribution in [0.5, 0.6) is 0 Å². The van der Waals surface area contributed by atoms with Crippen LogP contribution >= 0.6 is 0 Å². The molecule has 2 heteroatoms. The van der Waals surface area contributed by atoms with E-state index in [1.807, 2.05) is 0 Å². The summed E-state index contributed by atoms with van der Waals surface area (Å²) in [6.07, 6.45) is 3.43. The summed E-state index contributed by atoms with van der Waals surface area (Å²) in [5.74, 6) is 0. The Hall–Kier alpha value is -0.860. The van der Waals surface area contributed by atoms with Crippen molar-refractivity contribution in [3.63, 3.8) is 0 Å². The highest BCUT2D eigenvalue weighted by Crippen LogP contribution is 2.04. The third-order valence-corrected chi connectivity index (χ3v) is 2.73. The van der Waals surface area contributed by atoms with Crippen LogP contribution < -0.4 is 5.32 Å². The smallest absolute Gasteiger partial charge is 0.0474 e. The molecule has 1 aromatic rings. The van der Waals surface area contributed by atoms with Crippen LogP contribution in [0.3, 0.4) is 0 Å². The summed E-state index contributed by atoms with van der Waals surface area (Å²) in [4.78, 5) is 0. The van der Waals surface area contributed by atoms with Crippen molar-refractivity contribution >= 4 is 0 Å². The van der Waals surface area contributed by atoms with E-state index >= 15 is 0 Å². The molecule has 1 rings (SSSR count). The lowest BCUT2D eigenvalue weighted by atomic mass is 10.1. The predicted molar refractivity (Wildman–Crippen MR) is 68.7 cm³/mol. The Balaban J connectivity index is 2.08. The van der Waals surface area contributed by atoms with Gasteiger partial charge in [0.25, 0.3) is 0 Å². The van der Waals surface area contributed by atoms with Crippen molar-refractivity contribution in [2.45, 2.75) is 32.2 Å². The van der Waals surface area contributed by atoms with E-state index in [1.165, 1.54) is 12.0 Å². The van der Waals surface area contributed by atoms with Crippen LogP contribution in [-0.4, -0.2) is 26.3 Å². The average Bonchev–Trinajstić information content (AvgIpc) is 2.33. The number of hydrogen-bond donors (Lipinski definition) is 1. The summed E-state index contributed by atoms with van der Waals surface area (Å²) < 4.78 is 5.01. The van der Waals surface area contributed by atoms with Gasteiger partial charge in [-0.05, 0) is 38.3 Å². The predicted octanol–water partition coefficient (Wildman–Crippen LogP) is 2.63. The monoisotopic (exact) mass is 221 g/mol. The molecule has 0 aliphatic carbocycles. The summed E-state index contributed by atoms with van der Waals surface area (Å²) in [7, 11) is 1.75. The van der Waals surface area contributed by atoms with Crippen LogP contribution in [0.1, 0.15) is 25.3 Å². The van der Waals surface area contributed by atoms with Crippen LogP contribution in [-0.2, 0) is 11.2 Å². The lowest BCUT2D eigenvalue weighted by Gasteiger charge is -2.13. The zero-order valence-corrected chi connectivity index (χ0v) is 10.4. The van der Waals surface area contributed by atoms with Crippen LogP contribution in [0.2, 0.25) is 0 Å². The highest BCUT2D eigenvalue weighted by atomic mass is 16.5. The first kappa shape index (κ1) is 13.2. The Bertz CT molecular complexity index is 261. The molecule has 90 valence electrons. The van der Waals surface area contributed by atoms with E-state index in [0.29, 0.717) is 6.04 Å². The molecule has 16 heavy (non-hydrogen) atoms. The Morgan fingerprint density at radius 3 is 2.69 bits per heavy atom. The molecule has 0 aromatic heterocycles. The molecule has 1 N–H and O–H groups in total. The van der Waals surface area contributed by atoms with Gasteiger partial charge in [0.2, 0.25) is 0 Å². The van der Waals surface area contributed by atoms with Crippen molar-refractivity contribution in [1.82, 2.24) is 5.32 Å². The Kier molecular flexibility index (Phi) is 6.86. The number of benzene rings is 1. The van der Waals surface area contributed by atoms with Gasteiger partial charge in [0.1, 0.15) is 0 Å². The van der Waals surface area contributed by atoms with E-state index in [4.69, 9.17) is 4.74 Å². The van der Waals surface area contributed by atoms with Crippen molar-refractivity contribution in [3.8, 4) is 0 Å². The second-order valence-electron chi connectivity index (χ2n) is 4.23. The fraction of sp³-hybridized carbons (Fsp3) is 0.571. The number of aryl methyl sites for hydroxylation is 1. The van der Waals surface area contributed by atoms with Crippen molar-refractivity contribution in [3.05, 3.63) is 35.9 Å². The Labute approximate surface area is 99.0 Å². The van der Waals surface area contributed by atoms with Gasteiger partial charge in [-0.15, -0.1) is 0 Å². The van der Waals surface area contributed by atoms with E-state index in [0.717, 1.165) is 26.0 Å². The highest BCUT2D eigenvalue weighted by molar-refractivity contribution is 5.14. The van der Waals surface area contributed by atoms with E-state index in [9.17, 15) is 0 Å². The minimum atomic E-state index is 0.581. The third-order valence-electron chi connectivity index (χ3n) is 2.73. The van der Waals surface area contributed by atoms with Crippen LogP contribution in [0.15, 0.2) is 30.3 Å². The maximum atomic E-state index is 5.01. The third kappa shape index (κ3) is 5.89. The number of ether oxygens (including phenoxy) is 1. The molecule has 0 radical (unpaired) electrons. The Morgan fingerprint density at radius 2 is 2.00 bits per heavy atom. The molecule has 0 unspecified atom stereocenters. The summed E-state index contributed by atoms with van der Waals surface area (Å²) >= 11 is 0. The van der Waals surface area contributed by atoms with Crippen molar-refractivity contribution in [2.75, 3.05) is 20.3 Å². The van der Waals surface area contributed by atoms with Gasteiger partial charge in [-0.3, -0.25) is 0 Å². The fourth-order valence-electron chi connectivity index (χ4n) is 1.69. The number of nitrogens with one attached hydrogen (secondary N) is 1. The standard InChI is InChI=1S/C14H23NO/c1-13(15-11-6-12-16-2)9-10-14-7-4-3-5-8-14/h3-5,7-8,13,15H,6,9-12H2,1-2H3/t13-/m1/s1. The van der Waals surface area contributed by atoms with Gasteiger partial charge in [0.05, 0.1) is 0 Å². The van der Waals surface area contributed by atoms with E-state index < -0.39 is 0 Å². The normalized spacial score (nSPS) is 12.6. The SMILES string of the molecule is COCCCN[C@H](C)CCc1ccccc1. The number of rotatable bonds is 8. The molecular formula is C14H23NO. The van der Waals surface area contributed by atoms with Gasteiger partial charge in [-0.2, -0.15) is 0 Å². The van der Waals surface area contributed by atoms with Crippen molar-refractivity contribution in [1.29, 1.82) is 0 Å². The molecule has 1 atom stereocenters. The van der Waals surface area contributed by atoms with Crippen LogP contribution in [0, 0.1) is 0 Å². The quantitative estimate of drug-likeness (QED) is 0.681. The first-order chi connectivity index (χ1) is 7.83. The minimum Gasteiger partial charge on any atom is -0.385 e. The molecule has 0 fully saturated rings. The average molecular weight is 221 g/mol. The highest BCUT2D eigenvalue weighted by Gasteiger charge is 2.01. The Morgan fingerprint density at radius 1 is 1.25 bits per heavy atom. The second-order valence-corrected chi connectivity index (χ2v) is 4.23. The van der Waals surface area contributed by atoms with Crippen molar-refractivity contribution in [2.24, 2.45) is 0 Å². The van der Waals surface area contributed by atoms with E-state index in [1.54, 1.807) is 7.11 Å². The molecule has 0 aliphatic heterocycles. The summed E-state index contributed by atoms with van der Waals surface area (Å²) in [6, 6.07) is 11.2. The van der Waals surface area contributed by atoms with Gasteiger partial charge in [-0.1, -0.05) is 30.3 Å². The first-order valence-corrected chi connectivity index (χ1v) is 6.09. The molecule has 0 bridgehead atoms. The summed E-state index contributed by atoms with van der Waals surface area (Å²) in [6.45, 7) is 4.14. The number of methoxy groups -OCH3 is 1. The molecular weight excluding hydrogens is 198 g/mol. The largest absolute Gasteiger partial charge is 0.385 e. The molecule has 0 saturated heterocycles. The van der Waals surface area contributed by atoms with Gasteiger partial charge in [0.15, 0.2) is 0 Å². The molecule has 0 aliphatic rings. The fourth-order valence-corrected chi connectivity index (χ4v) is 1.69. The first-order valence-electron chi connectivity index (χ1n) is 6.09. The lowest BCUT2D eigenvalue weighted by molar-refractivity contribution is 0.193. The van der Waals surface area contributed by atoms with Crippen molar-refractivity contribution < 1.29 is 4.74 Å². The van der Waals surface area contributed by atoms with Gasteiger partial charge in [-0.25, -0.2) is 0 Å². The molecule has 0 heterocycles. The topological polar surface area (TPSA) is 21.3 Å². The summed E-state index contributed by atoms with van der Waals surface area (Å²) in [5.41, 5.74) is 1.42. The summed E-state index contributed by atoms with van der Waals surface area (Å²) in [5, 5.41) is 3.51. The zero-order valence-electron chi connectivity index (χ0n) is 10.4. The molecule has 1 aromatic carbocycles. The second kappa shape index (κ2) is 8.31. The molecule has 0 spiro atoms. The molecule has 2 nitrogen and oxygen atoms in total. The lowest BCUT2D eigenvalue weighted by Crippen LogP contribution is -2.28.